The minimum atomic E-state index is -0.501. The monoisotopic (exact) mass is 424 g/mol. The van der Waals surface area contributed by atoms with Crippen molar-refractivity contribution in [2.24, 2.45) is 0 Å². The summed E-state index contributed by atoms with van der Waals surface area (Å²) in [5, 5.41) is 15.0. The van der Waals surface area contributed by atoms with Crippen LogP contribution in [0.1, 0.15) is 0 Å². The zero-order chi connectivity index (χ0) is 21.9. The van der Waals surface area contributed by atoms with Gasteiger partial charge in [0.05, 0.1) is 16.0 Å². The number of fused-ring (bicyclic) bond motifs is 1. The molecule has 5 aromatic rings. The zero-order valence-corrected chi connectivity index (χ0v) is 16.6. The van der Waals surface area contributed by atoms with Crippen LogP contribution in [0.2, 0.25) is 0 Å². The fourth-order valence-electron chi connectivity index (χ4n) is 3.30. The maximum Gasteiger partial charge on any atom is 0.354 e. The maximum atomic E-state index is 12.0. The molecule has 0 amide bonds. The molecule has 0 bridgehead atoms. The molecule has 0 aliphatic rings. The number of nitrogens with one attached hydrogen (secondary N) is 1. The Morgan fingerprint density at radius 3 is 2.34 bits per heavy atom. The van der Waals surface area contributed by atoms with Gasteiger partial charge in [-0.25, -0.2) is 15.0 Å². The lowest BCUT2D eigenvalue weighted by Crippen LogP contribution is -2.07. The molecule has 9 nitrogen and oxygen atoms in total. The number of nitro groups is 1. The Bertz CT molecular complexity index is 1400. The molecule has 1 N–H and O–H groups in total. The summed E-state index contributed by atoms with van der Waals surface area (Å²) in [6, 6.07) is 23.8. The van der Waals surface area contributed by atoms with Crippen molar-refractivity contribution in [1.82, 2.24) is 19.5 Å². The largest absolute Gasteiger partial charge is 0.457 e. The van der Waals surface area contributed by atoms with Crippen molar-refractivity contribution in [2.45, 2.75) is 0 Å². The molecule has 0 aliphatic heterocycles. The van der Waals surface area contributed by atoms with Gasteiger partial charge in [0.1, 0.15) is 24.2 Å². The second-order valence-electron chi connectivity index (χ2n) is 6.82. The molecule has 0 radical (unpaired) electrons. The van der Waals surface area contributed by atoms with Gasteiger partial charge in [0.25, 0.3) is 0 Å². The third-order valence-corrected chi connectivity index (χ3v) is 4.76. The molecule has 0 aliphatic carbocycles. The summed E-state index contributed by atoms with van der Waals surface area (Å²) >= 11 is 0. The van der Waals surface area contributed by atoms with Gasteiger partial charge in [-0.05, 0) is 48.5 Å². The third-order valence-electron chi connectivity index (χ3n) is 4.76. The number of benzene rings is 3. The average Bonchev–Trinajstić information content (AvgIpc) is 3.25. The number of ether oxygens (including phenoxy) is 1. The molecule has 0 fully saturated rings. The SMILES string of the molecule is O=[N+]([O-])c1c(Nc2ccc(Oc3ccccc3)cc2)ncnc1-n1cnc2ccccc21. The molecule has 32 heavy (non-hydrogen) atoms. The van der Waals surface area contributed by atoms with E-state index in [1.165, 1.54) is 12.7 Å². The molecule has 0 unspecified atom stereocenters. The van der Waals surface area contributed by atoms with E-state index >= 15 is 0 Å². The Kier molecular flexibility index (Phi) is 4.89. The normalized spacial score (nSPS) is 10.8. The predicted octanol–water partition coefficient (Wildman–Crippen LogP) is 5.26. The number of imidazole rings is 1. The van der Waals surface area contributed by atoms with Crippen molar-refractivity contribution < 1.29 is 9.66 Å². The van der Waals surface area contributed by atoms with E-state index in [4.69, 9.17) is 4.74 Å². The topological polar surface area (TPSA) is 108 Å². The van der Waals surface area contributed by atoms with Gasteiger partial charge >= 0.3 is 5.69 Å². The van der Waals surface area contributed by atoms with Gasteiger partial charge in [0.2, 0.25) is 11.6 Å². The van der Waals surface area contributed by atoms with E-state index in [-0.39, 0.29) is 17.3 Å². The summed E-state index contributed by atoms with van der Waals surface area (Å²) in [6.45, 7) is 0. The highest BCUT2D eigenvalue weighted by atomic mass is 16.6. The van der Waals surface area contributed by atoms with E-state index in [1.54, 1.807) is 28.8 Å². The number of nitrogens with zero attached hydrogens (tertiary/aromatic N) is 5. The van der Waals surface area contributed by atoms with Gasteiger partial charge in [0.15, 0.2) is 0 Å². The molecule has 0 saturated carbocycles. The summed E-state index contributed by atoms with van der Waals surface area (Å²) < 4.78 is 7.36. The first-order chi connectivity index (χ1) is 15.7. The molecule has 2 heterocycles. The van der Waals surface area contributed by atoms with Crippen molar-refractivity contribution >= 4 is 28.2 Å². The Labute approximate surface area is 182 Å². The predicted molar refractivity (Wildman–Crippen MR) is 120 cm³/mol. The Balaban J connectivity index is 1.47. The average molecular weight is 424 g/mol. The lowest BCUT2D eigenvalue weighted by Gasteiger charge is -2.10. The molecular weight excluding hydrogens is 408 g/mol. The van der Waals surface area contributed by atoms with Crippen LogP contribution in [0, 0.1) is 10.1 Å². The minimum Gasteiger partial charge on any atom is -0.457 e. The fraction of sp³-hybridized carbons (Fsp3) is 0. The zero-order valence-electron chi connectivity index (χ0n) is 16.6. The van der Waals surface area contributed by atoms with Crippen LogP contribution in [-0.4, -0.2) is 24.4 Å². The fourth-order valence-corrected chi connectivity index (χ4v) is 3.30. The summed E-state index contributed by atoms with van der Waals surface area (Å²) in [7, 11) is 0. The van der Waals surface area contributed by atoms with Crippen molar-refractivity contribution in [3.63, 3.8) is 0 Å². The van der Waals surface area contributed by atoms with Gasteiger partial charge < -0.3 is 10.1 Å². The number of rotatable bonds is 6. The number of aromatic nitrogens is 4. The van der Waals surface area contributed by atoms with E-state index in [9.17, 15) is 10.1 Å². The molecule has 0 saturated heterocycles. The Morgan fingerprint density at radius 2 is 1.56 bits per heavy atom. The van der Waals surface area contributed by atoms with Crippen LogP contribution in [0.25, 0.3) is 16.9 Å². The maximum absolute atomic E-state index is 12.0. The third kappa shape index (κ3) is 3.70. The quantitative estimate of drug-likeness (QED) is 0.292. The molecule has 3 aromatic carbocycles. The number of hydrogen-bond donors (Lipinski definition) is 1. The number of hydrogen-bond acceptors (Lipinski definition) is 7. The van der Waals surface area contributed by atoms with Crippen molar-refractivity contribution in [3.05, 3.63) is 102 Å². The van der Waals surface area contributed by atoms with Gasteiger partial charge in [-0.1, -0.05) is 30.3 Å². The highest BCUT2D eigenvalue weighted by Gasteiger charge is 2.25. The summed E-state index contributed by atoms with van der Waals surface area (Å²) in [4.78, 5) is 24.0. The Hall–Kier alpha value is -4.79. The highest BCUT2D eigenvalue weighted by molar-refractivity contribution is 5.79. The van der Waals surface area contributed by atoms with E-state index in [1.807, 2.05) is 54.6 Å². The van der Waals surface area contributed by atoms with Crippen molar-refractivity contribution in [2.75, 3.05) is 5.32 Å². The Morgan fingerprint density at radius 1 is 0.844 bits per heavy atom. The van der Waals surface area contributed by atoms with E-state index < -0.39 is 4.92 Å². The van der Waals surface area contributed by atoms with Crippen LogP contribution < -0.4 is 10.1 Å². The van der Waals surface area contributed by atoms with Crippen molar-refractivity contribution in [3.8, 4) is 17.3 Å². The van der Waals surface area contributed by atoms with E-state index in [0.717, 1.165) is 5.75 Å². The first kappa shape index (κ1) is 19.2. The van der Waals surface area contributed by atoms with Crippen LogP contribution in [0.5, 0.6) is 11.5 Å². The molecule has 0 spiro atoms. The summed E-state index contributed by atoms with van der Waals surface area (Å²) in [5.74, 6) is 1.57. The van der Waals surface area contributed by atoms with Gasteiger partial charge in [0, 0.05) is 5.69 Å². The van der Waals surface area contributed by atoms with Gasteiger partial charge in [-0.3, -0.25) is 14.7 Å². The summed E-state index contributed by atoms with van der Waals surface area (Å²) in [5.41, 5.74) is 1.79. The van der Waals surface area contributed by atoms with E-state index in [0.29, 0.717) is 22.5 Å². The highest BCUT2D eigenvalue weighted by Crippen LogP contribution is 2.32. The van der Waals surface area contributed by atoms with Crippen LogP contribution >= 0.6 is 0 Å². The van der Waals surface area contributed by atoms with Crippen LogP contribution in [0.15, 0.2) is 91.5 Å². The smallest absolute Gasteiger partial charge is 0.354 e. The van der Waals surface area contributed by atoms with Gasteiger partial charge in [-0.2, -0.15) is 0 Å². The molecule has 2 aromatic heterocycles. The number of anilines is 2. The second-order valence-corrected chi connectivity index (χ2v) is 6.82. The molecule has 5 rings (SSSR count). The van der Waals surface area contributed by atoms with Crippen LogP contribution in [0.3, 0.4) is 0 Å². The van der Waals surface area contributed by atoms with Crippen LogP contribution in [-0.2, 0) is 0 Å². The minimum absolute atomic E-state index is 0.0782. The first-order valence-corrected chi connectivity index (χ1v) is 9.71. The van der Waals surface area contributed by atoms with Crippen LogP contribution in [0.4, 0.5) is 17.2 Å². The molecule has 156 valence electrons. The molecular formula is C23H16N6O3. The first-order valence-electron chi connectivity index (χ1n) is 9.71. The molecule has 9 heteroatoms. The van der Waals surface area contributed by atoms with Gasteiger partial charge in [-0.15, -0.1) is 0 Å². The summed E-state index contributed by atoms with van der Waals surface area (Å²) in [6.07, 6.45) is 2.80. The lowest BCUT2D eigenvalue weighted by atomic mass is 10.3. The second kappa shape index (κ2) is 8.15. The molecule has 0 atom stereocenters. The lowest BCUT2D eigenvalue weighted by molar-refractivity contribution is -0.384. The van der Waals surface area contributed by atoms with Crippen molar-refractivity contribution in [1.29, 1.82) is 0 Å². The van der Waals surface area contributed by atoms with E-state index in [2.05, 4.69) is 20.3 Å². The standard InChI is InChI=1S/C23H16N6O3/c30-29(31)21-22(24-14-25-23(21)28-15-26-19-8-4-5-9-20(19)28)27-16-10-12-18(13-11-16)32-17-6-2-1-3-7-17/h1-15H,(H,24,25,27). The number of para-hydroxylation sites is 3.